The van der Waals surface area contributed by atoms with Crippen molar-refractivity contribution in [2.75, 3.05) is 18.8 Å². The van der Waals surface area contributed by atoms with Gasteiger partial charge in [0.25, 0.3) is 0 Å². The standard InChI is InChI=1S/C18H19F3N2O3S/c19-18(20,21)14-1-3-15(4-2-14)26-17(13-5-8-23-11-13)12-27(24,25)16-6-9-22-10-7-16/h1-4,6-7,9-10,13,17,23H,5,8,11-12H2/t13-,17+/m0/s1. The number of aromatic nitrogens is 1. The van der Waals surface area contributed by atoms with Crippen LogP contribution in [-0.4, -0.2) is 38.3 Å². The van der Waals surface area contributed by atoms with Gasteiger partial charge >= 0.3 is 6.18 Å². The molecule has 2 aromatic rings. The summed E-state index contributed by atoms with van der Waals surface area (Å²) >= 11 is 0. The van der Waals surface area contributed by atoms with Crippen LogP contribution in [0, 0.1) is 5.92 Å². The number of nitrogens with one attached hydrogen (secondary N) is 1. The quantitative estimate of drug-likeness (QED) is 0.808. The largest absolute Gasteiger partial charge is 0.489 e. The van der Waals surface area contributed by atoms with Gasteiger partial charge < -0.3 is 10.1 Å². The molecule has 1 fully saturated rings. The molecule has 5 nitrogen and oxygen atoms in total. The number of rotatable bonds is 6. The monoisotopic (exact) mass is 400 g/mol. The molecule has 1 N–H and O–H groups in total. The molecule has 0 aliphatic carbocycles. The van der Waals surface area contributed by atoms with E-state index in [1.807, 2.05) is 0 Å². The molecule has 0 spiro atoms. The number of hydrogen-bond donors (Lipinski definition) is 1. The summed E-state index contributed by atoms with van der Waals surface area (Å²) in [6.07, 6.45) is -1.57. The Morgan fingerprint density at radius 3 is 2.37 bits per heavy atom. The Balaban J connectivity index is 1.80. The van der Waals surface area contributed by atoms with E-state index in [-0.39, 0.29) is 22.3 Å². The van der Waals surface area contributed by atoms with Gasteiger partial charge in [0.05, 0.1) is 16.2 Å². The Labute approximate surface area is 155 Å². The summed E-state index contributed by atoms with van der Waals surface area (Å²) in [5, 5.41) is 3.16. The predicted molar refractivity (Wildman–Crippen MR) is 93.1 cm³/mol. The van der Waals surface area contributed by atoms with Gasteiger partial charge in [-0.2, -0.15) is 13.2 Å². The third-order valence-corrected chi connectivity index (χ3v) is 6.24. The molecular formula is C18H19F3N2O3S. The molecule has 27 heavy (non-hydrogen) atoms. The SMILES string of the molecule is O=S(=O)(C[C@@H](Oc1ccc(C(F)(F)F)cc1)[C@H]1CCNC1)c1ccncc1. The zero-order valence-electron chi connectivity index (χ0n) is 14.3. The zero-order chi connectivity index (χ0) is 19.5. The minimum atomic E-state index is -4.43. The summed E-state index contributed by atoms with van der Waals surface area (Å²) in [6.45, 7) is 1.34. The molecule has 2 heterocycles. The first-order chi connectivity index (χ1) is 12.8. The van der Waals surface area contributed by atoms with Crippen molar-refractivity contribution >= 4 is 9.84 Å². The Hall–Kier alpha value is -2.13. The van der Waals surface area contributed by atoms with Gasteiger partial charge in [0, 0.05) is 24.9 Å². The van der Waals surface area contributed by atoms with Crippen LogP contribution in [0.3, 0.4) is 0 Å². The van der Waals surface area contributed by atoms with E-state index in [0.29, 0.717) is 6.54 Å². The highest BCUT2D eigenvalue weighted by atomic mass is 32.2. The lowest BCUT2D eigenvalue weighted by Crippen LogP contribution is -2.35. The molecule has 9 heteroatoms. The molecule has 1 aliphatic heterocycles. The van der Waals surface area contributed by atoms with Crippen molar-refractivity contribution in [3.63, 3.8) is 0 Å². The first-order valence-electron chi connectivity index (χ1n) is 8.43. The highest BCUT2D eigenvalue weighted by Gasteiger charge is 2.33. The van der Waals surface area contributed by atoms with Crippen LogP contribution >= 0.6 is 0 Å². The number of halogens is 3. The average molecular weight is 400 g/mol. The zero-order valence-corrected chi connectivity index (χ0v) is 15.1. The van der Waals surface area contributed by atoms with Gasteiger partial charge in [-0.15, -0.1) is 0 Å². The predicted octanol–water partition coefficient (Wildman–Crippen LogP) is 2.93. The number of nitrogens with zero attached hydrogens (tertiary/aromatic N) is 1. The molecule has 1 aromatic heterocycles. The highest BCUT2D eigenvalue weighted by Crippen LogP contribution is 2.31. The lowest BCUT2D eigenvalue weighted by molar-refractivity contribution is -0.137. The maximum Gasteiger partial charge on any atom is 0.416 e. The van der Waals surface area contributed by atoms with Crippen molar-refractivity contribution in [3.05, 3.63) is 54.4 Å². The lowest BCUT2D eigenvalue weighted by Gasteiger charge is -2.24. The topological polar surface area (TPSA) is 68.3 Å². The third kappa shape index (κ3) is 4.98. The number of benzene rings is 1. The van der Waals surface area contributed by atoms with Gasteiger partial charge in [-0.3, -0.25) is 4.98 Å². The number of hydrogen-bond acceptors (Lipinski definition) is 5. The van der Waals surface area contributed by atoms with Crippen molar-refractivity contribution in [3.8, 4) is 5.75 Å². The van der Waals surface area contributed by atoms with Gasteiger partial charge in [0.2, 0.25) is 0 Å². The maximum atomic E-state index is 12.7. The Morgan fingerprint density at radius 1 is 1.15 bits per heavy atom. The second-order valence-corrected chi connectivity index (χ2v) is 8.43. The molecule has 1 saturated heterocycles. The van der Waals surface area contributed by atoms with Crippen molar-refractivity contribution in [2.45, 2.75) is 23.6 Å². The van der Waals surface area contributed by atoms with E-state index in [1.54, 1.807) is 0 Å². The van der Waals surface area contributed by atoms with Crippen LogP contribution in [0.4, 0.5) is 13.2 Å². The van der Waals surface area contributed by atoms with Crippen molar-refractivity contribution in [1.29, 1.82) is 0 Å². The van der Waals surface area contributed by atoms with E-state index >= 15 is 0 Å². The molecule has 1 aromatic carbocycles. The van der Waals surface area contributed by atoms with Gasteiger partial charge in [0.15, 0.2) is 9.84 Å². The van der Waals surface area contributed by atoms with Gasteiger partial charge in [-0.05, 0) is 49.4 Å². The fraction of sp³-hybridized carbons (Fsp3) is 0.389. The van der Waals surface area contributed by atoms with E-state index < -0.39 is 27.7 Å². The number of pyridine rings is 1. The number of sulfone groups is 1. The number of ether oxygens (including phenoxy) is 1. The summed E-state index contributed by atoms with van der Waals surface area (Å²) in [5.41, 5.74) is -0.779. The van der Waals surface area contributed by atoms with Crippen molar-refractivity contribution < 1.29 is 26.3 Å². The molecule has 1 aliphatic rings. The lowest BCUT2D eigenvalue weighted by atomic mass is 10.0. The summed E-state index contributed by atoms with van der Waals surface area (Å²) in [7, 11) is -3.62. The Kier molecular flexibility index (Phi) is 5.71. The van der Waals surface area contributed by atoms with E-state index in [1.165, 1.54) is 36.7 Å². The van der Waals surface area contributed by atoms with Crippen molar-refractivity contribution in [2.24, 2.45) is 5.92 Å². The van der Waals surface area contributed by atoms with E-state index in [0.717, 1.165) is 25.1 Å². The van der Waals surface area contributed by atoms with E-state index in [2.05, 4.69) is 10.3 Å². The minimum Gasteiger partial charge on any atom is -0.489 e. The Morgan fingerprint density at radius 2 is 1.81 bits per heavy atom. The second kappa shape index (κ2) is 7.85. The second-order valence-electron chi connectivity index (χ2n) is 6.40. The minimum absolute atomic E-state index is 0.0519. The molecule has 3 rings (SSSR count). The highest BCUT2D eigenvalue weighted by molar-refractivity contribution is 7.91. The van der Waals surface area contributed by atoms with Crippen LogP contribution < -0.4 is 10.1 Å². The molecule has 0 saturated carbocycles. The fourth-order valence-electron chi connectivity index (χ4n) is 3.02. The maximum absolute atomic E-state index is 12.7. The molecule has 2 atom stereocenters. The van der Waals surface area contributed by atoms with E-state index in [4.69, 9.17) is 4.74 Å². The average Bonchev–Trinajstić information content (AvgIpc) is 3.16. The van der Waals surface area contributed by atoms with Crippen LogP contribution in [0.5, 0.6) is 5.75 Å². The molecule has 0 unspecified atom stereocenters. The molecule has 0 bridgehead atoms. The third-order valence-electron chi connectivity index (χ3n) is 4.49. The summed E-state index contributed by atoms with van der Waals surface area (Å²) in [5.74, 6) is -0.0987. The first-order valence-corrected chi connectivity index (χ1v) is 10.1. The first kappa shape index (κ1) is 19.6. The van der Waals surface area contributed by atoms with Crippen LogP contribution in [0.2, 0.25) is 0 Å². The van der Waals surface area contributed by atoms with Gasteiger partial charge in [-0.25, -0.2) is 8.42 Å². The number of alkyl halides is 3. The van der Waals surface area contributed by atoms with Crippen LogP contribution in [0.1, 0.15) is 12.0 Å². The summed E-state index contributed by atoms with van der Waals surface area (Å²) in [4.78, 5) is 3.96. The normalized spacial score (nSPS) is 19.0. The fourth-order valence-corrected chi connectivity index (χ4v) is 4.52. The van der Waals surface area contributed by atoms with Crippen LogP contribution in [-0.2, 0) is 16.0 Å². The van der Waals surface area contributed by atoms with Crippen molar-refractivity contribution in [1.82, 2.24) is 10.3 Å². The van der Waals surface area contributed by atoms with Gasteiger partial charge in [-0.1, -0.05) is 0 Å². The molecular weight excluding hydrogens is 381 g/mol. The van der Waals surface area contributed by atoms with Gasteiger partial charge in [0.1, 0.15) is 11.9 Å². The smallest absolute Gasteiger partial charge is 0.416 e. The summed E-state index contributed by atoms with van der Waals surface area (Å²) < 4.78 is 69.3. The molecule has 0 radical (unpaired) electrons. The molecule has 146 valence electrons. The summed E-state index contributed by atoms with van der Waals surface area (Å²) in [6, 6.07) is 7.12. The Bertz CT molecular complexity index is 850. The molecule has 0 amide bonds. The van der Waals surface area contributed by atoms with E-state index in [9.17, 15) is 21.6 Å². The van der Waals surface area contributed by atoms with Crippen LogP contribution in [0.25, 0.3) is 0 Å². The van der Waals surface area contributed by atoms with Crippen LogP contribution in [0.15, 0.2) is 53.7 Å².